The fraction of sp³-hybridized carbons (Fsp3) is 0.211. The number of fused-ring (bicyclic) bond motifs is 1. The summed E-state index contributed by atoms with van der Waals surface area (Å²) < 4.78 is 12.0. The van der Waals surface area contributed by atoms with E-state index in [9.17, 15) is 9.59 Å². The topological polar surface area (TPSA) is 112 Å². The number of anilines is 1. The van der Waals surface area contributed by atoms with E-state index in [0.29, 0.717) is 38.9 Å². The summed E-state index contributed by atoms with van der Waals surface area (Å²) in [4.78, 5) is 33.6. The molecule has 4 rings (SSSR count). The van der Waals surface area contributed by atoms with Crippen molar-refractivity contribution in [2.24, 2.45) is 7.05 Å². The number of amides is 1. The SMILES string of the molecule is CCOC(=O)c1csc(NC(=O)c2cc(-c3ccco3)nc3c2c(C)nn3C)n1. The lowest BCUT2D eigenvalue weighted by atomic mass is 10.1. The minimum atomic E-state index is -0.529. The average Bonchev–Trinajstić information content (AvgIpc) is 3.43. The van der Waals surface area contributed by atoms with Crippen LogP contribution in [0, 0.1) is 6.92 Å². The van der Waals surface area contributed by atoms with E-state index in [0.717, 1.165) is 11.3 Å². The van der Waals surface area contributed by atoms with Gasteiger partial charge in [-0.1, -0.05) is 0 Å². The number of hydrogen-bond acceptors (Lipinski definition) is 8. The predicted molar refractivity (Wildman–Crippen MR) is 107 cm³/mol. The molecular weight excluding hydrogens is 394 g/mol. The van der Waals surface area contributed by atoms with E-state index in [1.807, 2.05) is 6.92 Å². The van der Waals surface area contributed by atoms with Crippen molar-refractivity contribution in [3.63, 3.8) is 0 Å². The van der Waals surface area contributed by atoms with Crippen molar-refractivity contribution in [1.29, 1.82) is 0 Å². The van der Waals surface area contributed by atoms with Crippen LogP contribution in [0.25, 0.3) is 22.5 Å². The molecule has 4 aromatic rings. The number of nitrogens with one attached hydrogen (secondary N) is 1. The van der Waals surface area contributed by atoms with E-state index < -0.39 is 5.97 Å². The van der Waals surface area contributed by atoms with Crippen LogP contribution in [0.1, 0.15) is 33.5 Å². The van der Waals surface area contributed by atoms with Crippen molar-refractivity contribution >= 4 is 39.4 Å². The lowest BCUT2D eigenvalue weighted by Crippen LogP contribution is -2.14. The van der Waals surface area contributed by atoms with Gasteiger partial charge in [0, 0.05) is 12.4 Å². The molecule has 4 aromatic heterocycles. The summed E-state index contributed by atoms with van der Waals surface area (Å²) in [6, 6.07) is 5.18. The predicted octanol–water partition coefficient (Wildman–Crippen LogP) is 3.42. The highest BCUT2D eigenvalue weighted by Gasteiger charge is 2.21. The number of aryl methyl sites for hydroxylation is 2. The number of pyridine rings is 1. The summed E-state index contributed by atoms with van der Waals surface area (Å²) in [5, 5.41) is 9.60. The molecule has 0 unspecified atom stereocenters. The zero-order valence-corrected chi connectivity index (χ0v) is 16.7. The van der Waals surface area contributed by atoms with Gasteiger partial charge in [-0.3, -0.25) is 14.8 Å². The Balaban J connectivity index is 1.73. The van der Waals surface area contributed by atoms with Gasteiger partial charge in [0.2, 0.25) is 0 Å². The average molecular weight is 411 g/mol. The number of ether oxygens (including phenoxy) is 1. The lowest BCUT2D eigenvalue weighted by molar-refractivity contribution is 0.0520. The quantitative estimate of drug-likeness (QED) is 0.501. The molecule has 0 saturated carbocycles. The van der Waals surface area contributed by atoms with Gasteiger partial charge in [-0.05, 0) is 32.0 Å². The zero-order valence-electron chi connectivity index (χ0n) is 15.9. The van der Waals surface area contributed by atoms with Crippen LogP contribution in [-0.2, 0) is 11.8 Å². The number of esters is 1. The summed E-state index contributed by atoms with van der Waals surface area (Å²) in [7, 11) is 1.77. The Labute approximate surface area is 169 Å². The smallest absolute Gasteiger partial charge is 0.357 e. The standard InChI is InChI=1S/C19H17N5O4S/c1-4-27-18(26)13-9-29-19(21-13)22-17(25)11-8-12(14-6-5-7-28-14)20-16-15(11)10(2)23-24(16)3/h5-9H,4H2,1-3H3,(H,21,22,25). The van der Waals surface area contributed by atoms with Crippen LogP contribution >= 0.6 is 11.3 Å². The van der Waals surface area contributed by atoms with Crippen LogP contribution in [0.2, 0.25) is 0 Å². The van der Waals surface area contributed by atoms with Gasteiger partial charge in [0.05, 0.1) is 29.5 Å². The maximum Gasteiger partial charge on any atom is 0.357 e. The maximum absolute atomic E-state index is 13.1. The van der Waals surface area contributed by atoms with Gasteiger partial charge in [0.15, 0.2) is 22.2 Å². The van der Waals surface area contributed by atoms with Gasteiger partial charge >= 0.3 is 5.97 Å². The monoisotopic (exact) mass is 411 g/mol. The van der Waals surface area contributed by atoms with Gasteiger partial charge < -0.3 is 9.15 Å². The third-order valence-corrected chi connectivity index (χ3v) is 4.95. The molecule has 0 bridgehead atoms. The number of carbonyl (C=O) groups excluding carboxylic acids is 2. The van der Waals surface area contributed by atoms with E-state index >= 15 is 0 Å². The van der Waals surface area contributed by atoms with Crippen LogP contribution in [0.4, 0.5) is 5.13 Å². The van der Waals surface area contributed by atoms with Crippen LogP contribution in [0.3, 0.4) is 0 Å². The number of furan rings is 1. The van der Waals surface area contributed by atoms with Gasteiger partial charge in [-0.25, -0.2) is 14.8 Å². The van der Waals surface area contributed by atoms with Crippen molar-refractivity contribution < 1.29 is 18.7 Å². The number of rotatable bonds is 5. The van der Waals surface area contributed by atoms with Crippen molar-refractivity contribution in [3.05, 3.63) is 46.8 Å². The van der Waals surface area contributed by atoms with E-state index in [1.165, 1.54) is 0 Å². The van der Waals surface area contributed by atoms with Gasteiger partial charge in [0.1, 0.15) is 5.69 Å². The first-order chi connectivity index (χ1) is 14.0. The first-order valence-corrected chi connectivity index (χ1v) is 9.68. The van der Waals surface area contributed by atoms with Crippen LogP contribution in [0.5, 0.6) is 0 Å². The Kier molecular flexibility index (Phi) is 4.85. The molecule has 0 saturated heterocycles. The number of nitrogens with zero attached hydrogens (tertiary/aromatic N) is 4. The minimum absolute atomic E-state index is 0.154. The Hall–Kier alpha value is -3.53. The molecule has 0 atom stereocenters. The van der Waals surface area contributed by atoms with Gasteiger partial charge in [-0.15, -0.1) is 11.3 Å². The number of thiazole rings is 1. The second-order valence-corrected chi connectivity index (χ2v) is 7.01. The van der Waals surface area contributed by atoms with E-state index in [4.69, 9.17) is 9.15 Å². The molecular formula is C19H17N5O4S. The Bertz CT molecular complexity index is 1210. The second-order valence-electron chi connectivity index (χ2n) is 6.15. The summed E-state index contributed by atoms with van der Waals surface area (Å²) in [5.74, 6) is -0.372. The van der Waals surface area contributed by atoms with E-state index in [1.54, 1.807) is 48.5 Å². The molecule has 0 aliphatic heterocycles. The van der Waals surface area contributed by atoms with Crippen molar-refractivity contribution in [3.8, 4) is 11.5 Å². The largest absolute Gasteiger partial charge is 0.463 e. The molecule has 0 aliphatic rings. The molecule has 29 heavy (non-hydrogen) atoms. The van der Waals surface area contributed by atoms with Crippen molar-refractivity contribution in [2.45, 2.75) is 13.8 Å². The number of aromatic nitrogens is 4. The van der Waals surface area contributed by atoms with Crippen LogP contribution in [-0.4, -0.2) is 38.2 Å². The maximum atomic E-state index is 13.1. The Morgan fingerprint density at radius 2 is 2.17 bits per heavy atom. The highest BCUT2D eigenvalue weighted by molar-refractivity contribution is 7.14. The molecule has 4 heterocycles. The van der Waals surface area contributed by atoms with Crippen LogP contribution < -0.4 is 5.32 Å². The molecule has 0 aromatic carbocycles. The third kappa shape index (κ3) is 3.49. The highest BCUT2D eigenvalue weighted by Crippen LogP contribution is 2.28. The fourth-order valence-electron chi connectivity index (χ4n) is 2.97. The molecule has 10 heteroatoms. The lowest BCUT2D eigenvalue weighted by Gasteiger charge is -2.07. The molecule has 1 N–H and O–H groups in total. The zero-order chi connectivity index (χ0) is 20.5. The highest BCUT2D eigenvalue weighted by atomic mass is 32.1. The summed E-state index contributed by atoms with van der Waals surface area (Å²) in [6.45, 7) is 3.78. The molecule has 0 spiro atoms. The third-order valence-electron chi connectivity index (χ3n) is 4.20. The van der Waals surface area contributed by atoms with Gasteiger partial charge in [0.25, 0.3) is 5.91 Å². The first-order valence-electron chi connectivity index (χ1n) is 8.80. The first kappa shape index (κ1) is 18.8. The minimum Gasteiger partial charge on any atom is -0.463 e. The summed E-state index contributed by atoms with van der Waals surface area (Å²) in [5.41, 5.74) is 2.30. The van der Waals surface area contributed by atoms with Crippen molar-refractivity contribution in [2.75, 3.05) is 11.9 Å². The molecule has 148 valence electrons. The number of carbonyl (C=O) groups is 2. The molecule has 1 amide bonds. The normalized spacial score (nSPS) is 11.0. The summed E-state index contributed by atoms with van der Waals surface area (Å²) >= 11 is 1.14. The Morgan fingerprint density at radius 1 is 1.34 bits per heavy atom. The van der Waals surface area contributed by atoms with Crippen molar-refractivity contribution in [1.82, 2.24) is 19.7 Å². The van der Waals surface area contributed by atoms with E-state index in [2.05, 4.69) is 20.4 Å². The molecule has 0 aliphatic carbocycles. The van der Waals surface area contributed by atoms with Crippen LogP contribution in [0.15, 0.2) is 34.3 Å². The molecule has 0 fully saturated rings. The van der Waals surface area contributed by atoms with Gasteiger partial charge in [-0.2, -0.15) is 5.10 Å². The van der Waals surface area contributed by atoms with E-state index in [-0.39, 0.29) is 18.2 Å². The Morgan fingerprint density at radius 3 is 2.90 bits per heavy atom. The number of hydrogen-bond donors (Lipinski definition) is 1. The molecule has 9 nitrogen and oxygen atoms in total. The fourth-order valence-corrected chi connectivity index (χ4v) is 3.64. The molecule has 0 radical (unpaired) electrons. The summed E-state index contributed by atoms with van der Waals surface area (Å²) in [6.07, 6.45) is 1.54. The second kappa shape index (κ2) is 7.47.